The van der Waals surface area contributed by atoms with Crippen LogP contribution in [0.5, 0.6) is 0 Å². The minimum absolute atomic E-state index is 0.000118. The van der Waals surface area contributed by atoms with Crippen LogP contribution in [-0.4, -0.2) is 53.4 Å². The lowest BCUT2D eigenvalue weighted by Gasteiger charge is -2.46. The molecule has 2 aromatic rings. The van der Waals surface area contributed by atoms with Crippen molar-refractivity contribution in [1.82, 2.24) is 20.5 Å². The van der Waals surface area contributed by atoms with Crippen LogP contribution in [-0.2, 0) is 4.79 Å². The van der Waals surface area contributed by atoms with Crippen LogP contribution >= 0.6 is 0 Å². The van der Waals surface area contributed by atoms with Gasteiger partial charge >= 0.3 is 0 Å². The molecular formula is C24H31N5O2. The van der Waals surface area contributed by atoms with Gasteiger partial charge in [0.25, 0.3) is 5.91 Å². The molecule has 1 aromatic carbocycles. The van der Waals surface area contributed by atoms with Crippen molar-refractivity contribution in [2.45, 2.75) is 50.6 Å². The molecule has 1 aliphatic carbocycles. The summed E-state index contributed by atoms with van der Waals surface area (Å²) in [4.78, 5) is 31.3. The Kier molecular flexibility index (Phi) is 6.51. The quantitative estimate of drug-likeness (QED) is 0.664. The molecule has 0 atom stereocenters. The Morgan fingerprint density at radius 3 is 2.61 bits per heavy atom. The molecule has 2 aliphatic rings. The van der Waals surface area contributed by atoms with Gasteiger partial charge in [-0.15, -0.1) is 0 Å². The van der Waals surface area contributed by atoms with Gasteiger partial charge in [0.15, 0.2) is 0 Å². The first-order chi connectivity index (χ1) is 15.0. The first kappa shape index (κ1) is 21.3. The average molecular weight is 422 g/mol. The maximum Gasteiger partial charge on any atom is 0.251 e. The molecule has 0 spiro atoms. The van der Waals surface area contributed by atoms with Gasteiger partial charge in [-0.25, -0.2) is 0 Å². The fourth-order valence-electron chi connectivity index (χ4n) is 4.72. The minimum atomic E-state index is -0.223. The van der Waals surface area contributed by atoms with Crippen molar-refractivity contribution in [3.05, 3.63) is 59.4 Å². The van der Waals surface area contributed by atoms with Crippen LogP contribution in [0.4, 0.5) is 5.69 Å². The third-order valence-electron chi connectivity index (χ3n) is 6.44. The van der Waals surface area contributed by atoms with Gasteiger partial charge in [-0.3, -0.25) is 19.5 Å². The highest BCUT2D eigenvalue weighted by Crippen LogP contribution is 2.37. The number of carbonyl (C=O) groups is 2. The molecule has 2 fully saturated rings. The average Bonchev–Trinajstić information content (AvgIpc) is 2.75. The topological polar surface area (TPSA) is 100 Å². The molecule has 31 heavy (non-hydrogen) atoms. The summed E-state index contributed by atoms with van der Waals surface area (Å²) in [5, 5.41) is 5.72. The molecule has 0 unspecified atom stereocenters. The molecule has 2 amide bonds. The SMILES string of the molecule is Cc1cccc(C(=O)NCC(=O)NC2CN(C3CCC(c4ncccc4N)CC3)C2)c1. The van der Waals surface area contributed by atoms with E-state index in [0.29, 0.717) is 17.5 Å². The van der Waals surface area contributed by atoms with E-state index in [0.717, 1.165) is 55.7 Å². The van der Waals surface area contributed by atoms with Gasteiger partial charge in [0.2, 0.25) is 5.91 Å². The Balaban J connectivity index is 1.15. The number of nitrogens with zero attached hydrogens (tertiary/aromatic N) is 2. The van der Waals surface area contributed by atoms with E-state index in [4.69, 9.17) is 5.73 Å². The highest BCUT2D eigenvalue weighted by Gasteiger charge is 2.35. The number of likely N-dealkylation sites (tertiary alicyclic amines) is 1. The minimum Gasteiger partial charge on any atom is -0.397 e. The molecule has 1 saturated heterocycles. The van der Waals surface area contributed by atoms with Crippen molar-refractivity contribution < 1.29 is 9.59 Å². The number of carbonyl (C=O) groups excluding carboxylic acids is 2. The van der Waals surface area contributed by atoms with E-state index in [9.17, 15) is 9.59 Å². The van der Waals surface area contributed by atoms with Crippen molar-refractivity contribution in [3.8, 4) is 0 Å². The Hall–Kier alpha value is -2.93. The summed E-state index contributed by atoms with van der Waals surface area (Å²) in [5.74, 6) is 0.0885. The molecule has 164 valence electrons. The molecule has 4 rings (SSSR count). The van der Waals surface area contributed by atoms with Crippen LogP contribution in [0.3, 0.4) is 0 Å². The number of pyridine rings is 1. The van der Waals surface area contributed by atoms with Crippen molar-refractivity contribution in [2.75, 3.05) is 25.4 Å². The molecule has 4 N–H and O–H groups in total. The van der Waals surface area contributed by atoms with Gasteiger partial charge in [-0.1, -0.05) is 17.7 Å². The van der Waals surface area contributed by atoms with Gasteiger partial charge in [-0.2, -0.15) is 0 Å². The number of nitrogens with two attached hydrogens (primary N) is 1. The maximum absolute atomic E-state index is 12.2. The summed E-state index contributed by atoms with van der Waals surface area (Å²) in [5.41, 5.74) is 9.53. The zero-order chi connectivity index (χ0) is 21.8. The second-order valence-electron chi connectivity index (χ2n) is 8.75. The first-order valence-corrected chi connectivity index (χ1v) is 11.1. The van der Waals surface area contributed by atoms with Crippen molar-refractivity contribution in [1.29, 1.82) is 0 Å². The Bertz CT molecular complexity index is 933. The second kappa shape index (κ2) is 9.47. The fraction of sp³-hybridized carbons (Fsp3) is 0.458. The summed E-state index contributed by atoms with van der Waals surface area (Å²) < 4.78 is 0. The second-order valence-corrected chi connectivity index (χ2v) is 8.75. The van der Waals surface area contributed by atoms with E-state index in [1.165, 1.54) is 0 Å². The highest BCUT2D eigenvalue weighted by atomic mass is 16.2. The number of nitrogens with one attached hydrogen (secondary N) is 2. The van der Waals surface area contributed by atoms with E-state index in [2.05, 4.69) is 20.5 Å². The molecule has 1 saturated carbocycles. The molecule has 2 heterocycles. The van der Waals surface area contributed by atoms with Gasteiger partial charge in [-0.05, 0) is 56.9 Å². The number of benzene rings is 1. The van der Waals surface area contributed by atoms with Crippen LogP contribution in [0.25, 0.3) is 0 Å². The van der Waals surface area contributed by atoms with Crippen LogP contribution in [0.2, 0.25) is 0 Å². The number of aromatic nitrogens is 1. The van der Waals surface area contributed by atoms with Crippen molar-refractivity contribution in [3.63, 3.8) is 0 Å². The molecule has 7 heteroatoms. The van der Waals surface area contributed by atoms with Crippen molar-refractivity contribution >= 4 is 17.5 Å². The Labute approximate surface area is 183 Å². The molecule has 1 aliphatic heterocycles. The summed E-state index contributed by atoms with van der Waals surface area (Å²) in [6.45, 7) is 3.68. The lowest BCUT2D eigenvalue weighted by Crippen LogP contribution is -2.63. The molecular weight excluding hydrogens is 390 g/mol. The van der Waals surface area contributed by atoms with Crippen LogP contribution in [0.1, 0.15) is 53.2 Å². The maximum atomic E-state index is 12.2. The van der Waals surface area contributed by atoms with Crippen LogP contribution in [0.15, 0.2) is 42.6 Å². The highest BCUT2D eigenvalue weighted by molar-refractivity contribution is 5.96. The van der Waals surface area contributed by atoms with E-state index >= 15 is 0 Å². The Morgan fingerprint density at radius 2 is 1.90 bits per heavy atom. The van der Waals surface area contributed by atoms with Gasteiger partial charge in [0, 0.05) is 36.8 Å². The molecule has 1 aromatic heterocycles. The van der Waals surface area contributed by atoms with Crippen LogP contribution < -0.4 is 16.4 Å². The third-order valence-corrected chi connectivity index (χ3v) is 6.44. The fourth-order valence-corrected chi connectivity index (χ4v) is 4.72. The molecule has 7 nitrogen and oxygen atoms in total. The van der Waals surface area contributed by atoms with Gasteiger partial charge < -0.3 is 16.4 Å². The molecule has 0 bridgehead atoms. The van der Waals surface area contributed by atoms with E-state index < -0.39 is 0 Å². The number of hydrogen-bond donors (Lipinski definition) is 3. The molecule has 0 radical (unpaired) electrons. The van der Waals surface area contributed by atoms with E-state index in [-0.39, 0.29) is 24.4 Å². The number of amides is 2. The zero-order valence-electron chi connectivity index (χ0n) is 18.0. The monoisotopic (exact) mass is 421 g/mol. The normalized spacial score (nSPS) is 21.8. The summed E-state index contributed by atoms with van der Waals surface area (Å²) >= 11 is 0. The number of hydrogen-bond acceptors (Lipinski definition) is 5. The predicted octanol–water partition coefficient (Wildman–Crippen LogP) is 2.23. The summed E-state index contributed by atoms with van der Waals surface area (Å²) in [6.07, 6.45) is 6.29. The van der Waals surface area contributed by atoms with Crippen LogP contribution in [0, 0.1) is 6.92 Å². The van der Waals surface area contributed by atoms with Gasteiger partial charge in [0.05, 0.1) is 24.0 Å². The lowest BCUT2D eigenvalue weighted by molar-refractivity contribution is -0.122. The number of aryl methyl sites for hydroxylation is 1. The largest absolute Gasteiger partial charge is 0.397 e. The van der Waals surface area contributed by atoms with E-state index in [1.54, 1.807) is 6.07 Å². The smallest absolute Gasteiger partial charge is 0.251 e. The predicted molar refractivity (Wildman–Crippen MR) is 121 cm³/mol. The number of rotatable bonds is 6. The summed E-state index contributed by atoms with van der Waals surface area (Å²) in [6, 6.07) is 11.9. The zero-order valence-corrected chi connectivity index (χ0v) is 18.0. The first-order valence-electron chi connectivity index (χ1n) is 11.1. The number of anilines is 1. The van der Waals surface area contributed by atoms with Crippen molar-refractivity contribution in [2.24, 2.45) is 0 Å². The third kappa shape index (κ3) is 5.22. The lowest BCUT2D eigenvalue weighted by atomic mass is 9.81. The number of nitrogen functional groups attached to an aromatic ring is 1. The van der Waals surface area contributed by atoms with E-state index in [1.807, 2.05) is 43.5 Å². The Morgan fingerprint density at radius 1 is 1.13 bits per heavy atom. The summed E-state index contributed by atoms with van der Waals surface area (Å²) in [7, 11) is 0. The van der Waals surface area contributed by atoms with Gasteiger partial charge in [0.1, 0.15) is 0 Å². The standard InChI is InChI=1S/C24H31N5O2/c1-16-4-2-5-18(12-16)24(31)27-13-22(30)28-19-14-29(15-19)20-9-7-17(8-10-20)23-21(25)6-3-11-26-23/h2-6,11-12,17,19-20H,7-10,13-15,25H2,1H3,(H,27,31)(H,28,30).